The molecule has 1 atom stereocenters. The lowest BCUT2D eigenvalue weighted by Crippen LogP contribution is -2.51. The first-order valence-corrected chi connectivity index (χ1v) is 9.41. The van der Waals surface area contributed by atoms with Crippen LogP contribution in [0.3, 0.4) is 0 Å². The second-order valence-corrected chi connectivity index (χ2v) is 6.53. The molecule has 1 unspecified atom stereocenters. The van der Waals surface area contributed by atoms with Crippen LogP contribution in [-0.4, -0.2) is 48.9 Å². The van der Waals surface area contributed by atoms with Gasteiger partial charge in [0.05, 0.1) is 12.8 Å². The molecule has 2 aromatic rings. The Bertz CT molecular complexity index is 760. The van der Waals surface area contributed by atoms with Crippen LogP contribution in [-0.2, 0) is 6.54 Å². The maximum Gasteiger partial charge on any atom is 0.223 e. The molecule has 0 spiro atoms. The van der Waals surface area contributed by atoms with Crippen LogP contribution in [0.1, 0.15) is 31.5 Å². The van der Waals surface area contributed by atoms with E-state index in [1.54, 1.807) is 14.0 Å². The quantitative estimate of drug-likeness (QED) is 0.593. The number of nitrogens with one attached hydrogen (secondary N) is 2. The van der Waals surface area contributed by atoms with Crippen molar-refractivity contribution in [3.8, 4) is 5.75 Å². The smallest absolute Gasteiger partial charge is 0.223 e. The Morgan fingerprint density at radius 1 is 1.41 bits per heavy atom. The van der Waals surface area contributed by atoms with E-state index in [4.69, 9.17) is 9.26 Å². The predicted molar refractivity (Wildman–Crippen MR) is 105 cm³/mol. The van der Waals surface area contributed by atoms with E-state index >= 15 is 0 Å². The molecule has 8 nitrogen and oxygen atoms in total. The third-order valence-corrected chi connectivity index (χ3v) is 4.48. The molecule has 2 heterocycles. The summed E-state index contributed by atoms with van der Waals surface area (Å²) in [7, 11) is 1.72. The van der Waals surface area contributed by atoms with Crippen molar-refractivity contribution in [1.29, 1.82) is 0 Å². The summed E-state index contributed by atoms with van der Waals surface area (Å²) < 4.78 is 10.5. The van der Waals surface area contributed by atoms with Crippen molar-refractivity contribution >= 4 is 11.6 Å². The van der Waals surface area contributed by atoms with Crippen LogP contribution in [0.5, 0.6) is 5.75 Å². The third-order valence-electron chi connectivity index (χ3n) is 4.48. The van der Waals surface area contributed by atoms with E-state index < -0.39 is 0 Å². The van der Waals surface area contributed by atoms with Crippen LogP contribution < -0.4 is 20.3 Å². The average molecular weight is 372 g/mol. The number of para-hydroxylation sites is 2. The van der Waals surface area contributed by atoms with E-state index in [1.165, 1.54) is 0 Å². The Morgan fingerprint density at radius 3 is 3.00 bits per heavy atom. The standard InChI is InChI=1S/C19H28N6O2/c1-4-20-19(21-12-18-22-14(2)27-24-18)23-15-8-7-11-25(13-15)16-9-5-6-10-17(16)26-3/h5-6,9-10,15H,4,7-8,11-13H2,1-3H3,(H2,20,21,23). The van der Waals surface area contributed by atoms with E-state index in [1.807, 2.05) is 18.2 Å². The van der Waals surface area contributed by atoms with Gasteiger partial charge in [-0.15, -0.1) is 0 Å². The predicted octanol–water partition coefficient (Wildman–Crippen LogP) is 2.11. The molecule has 1 aliphatic rings. The Labute approximate surface area is 160 Å². The van der Waals surface area contributed by atoms with Crippen LogP contribution >= 0.6 is 0 Å². The number of piperidine rings is 1. The summed E-state index contributed by atoms with van der Waals surface area (Å²) in [4.78, 5) is 11.2. The van der Waals surface area contributed by atoms with E-state index in [2.05, 4.69) is 43.7 Å². The lowest BCUT2D eigenvalue weighted by molar-refractivity contribution is 0.387. The minimum Gasteiger partial charge on any atom is -0.495 e. The first-order valence-electron chi connectivity index (χ1n) is 9.41. The minimum absolute atomic E-state index is 0.300. The number of aliphatic imine (C=N–C) groups is 1. The molecule has 27 heavy (non-hydrogen) atoms. The van der Waals surface area contributed by atoms with Crippen LogP contribution in [0.25, 0.3) is 0 Å². The highest BCUT2D eigenvalue weighted by Crippen LogP contribution is 2.29. The van der Waals surface area contributed by atoms with Gasteiger partial charge in [0.1, 0.15) is 12.3 Å². The number of aromatic nitrogens is 2. The van der Waals surface area contributed by atoms with Gasteiger partial charge in [0.2, 0.25) is 5.89 Å². The zero-order chi connectivity index (χ0) is 19.1. The number of benzene rings is 1. The van der Waals surface area contributed by atoms with Gasteiger partial charge in [0.25, 0.3) is 0 Å². The van der Waals surface area contributed by atoms with Crippen molar-refractivity contribution in [3.05, 3.63) is 36.0 Å². The summed E-state index contributed by atoms with van der Waals surface area (Å²) in [5, 5.41) is 10.7. The molecule has 0 amide bonds. The second-order valence-electron chi connectivity index (χ2n) is 6.53. The van der Waals surface area contributed by atoms with Gasteiger partial charge < -0.3 is 24.8 Å². The fourth-order valence-corrected chi connectivity index (χ4v) is 3.27. The molecule has 8 heteroatoms. The van der Waals surface area contributed by atoms with Gasteiger partial charge in [-0.3, -0.25) is 0 Å². The summed E-state index contributed by atoms with van der Waals surface area (Å²) in [6, 6.07) is 8.46. The van der Waals surface area contributed by atoms with Crippen molar-refractivity contribution in [3.63, 3.8) is 0 Å². The normalized spacial score (nSPS) is 17.7. The number of hydrogen-bond donors (Lipinski definition) is 2. The molecule has 0 aliphatic carbocycles. The third kappa shape index (κ3) is 5.12. The second kappa shape index (κ2) is 9.25. The topological polar surface area (TPSA) is 87.8 Å². The van der Waals surface area contributed by atoms with Crippen molar-refractivity contribution in [1.82, 2.24) is 20.8 Å². The average Bonchev–Trinajstić information content (AvgIpc) is 3.12. The van der Waals surface area contributed by atoms with Crippen LogP contribution in [0.15, 0.2) is 33.8 Å². The van der Waals surface area contributed by atoms with E-state index in [-0.39, 0.29) is 0 Å². The zero-order valence-corrected chi connectivity index (χ0v) is 16.2. The van der Waals surface area contributed by atoms with Gasteiger partial charge in [-0.2, -0.15) is 4.98 Å². The van der Waals surface area contributed by atoms with Gasteiger partial charge in [-0.25, -0.2) is 4.99 Å². The molecule has 0 bridgehead atoms. The Hall–Kier alpha value is -2.77. The highest BCUT2D eigenvalue weighted by Gasteiger charge is 2.22. The van der Waals surface area contributed by atoms with Gasteiger partial charge >= 0.3 is 0 Å². The number of hydrogen-bond acceptors (Lipinski definition) is 6. The summed E-state index contributed by atoms with van der Waals surface area (Å²) in [6.45, 7) is 6.92. The molecule has 1 saturated heterocycles. The molecular formula is C19H28N6O2. The lowest BCUT2D eigenvalue weighted by Gasteiger charge is -2.36. The van der Waals surface area contributed by atoms with Gasteiger partial charge in [0, 0.05) is 32.6 Å². The summed E-state index contributed by atoms with van der Waals surface area (Å²) in [5.74, 6) is 2.82. The van der Waals surface area contributed by atoms with E-state index in [0.717, 1.165) is 49.9 Å². The number of anilines is 1. The van der Waals surface area contributed by atoms with Crippen molar-refractivity contribution < 1.29 is 9.26 Å². The highest BCUT2D eigenvalue weighted by atomic mass is 16.5. The number of guanidine groups is 1. The van der Waals surface area contributed by atoms with Crippen LogP contribution in [0, 0.1) is 6.92 Å². The van der Waals surface area contributed by atoms with Gasteiger partial charge in [-0.05, 0) is 31.9 Å². The molecule has 2 N–H and O–H groups in total. The van der Waals surface area contributed by atoms with Crippen LogP contribution in [0.4, 0.5) is 5.69 Å². The van der Waals surface area contributed by atoms with Crippen molar-refractivity contribution in [2.45, 2.75) is 39.3 Å². The molecule has 1 aromatic carbocycles. The van der Waals surface area contributed by atoms with Crippen molar-refractivity contribution in [2.24, 2.45) is 4.99 Å². The SMILES string of the molecule is CCNC(=NCc1noc(C)n1)NC1CCCN(c2ccccc2OC)C1. The zero-order valence-electron chi connectivity index (χ0n) is 16.2. The maximum absolute atomic E-state index is 5.52. The summed E-state index contributed by atoms with van der Waals surface area (Å²) >= 11 is 0. The number of rotatable bonds is 6. The lowest BCUT2D eigenvalue weighted by atomic mass is 10.0. The Kier molecular flexibility index (Phi) is 6.51. The molecule has 0 saturated carbocycles. The molecule has 0 radical (unpaired) electrons. The van der Waals surface area contributed by atoms with Gasteiger partial charge in [-0.1, -0.05) is 17.3 Å². The number of nitrogens with zero attached hydrogens (tertiary/aromatic N) is 4. The fraction of sp³-hybridized carbons (Fsp3) is 0.526. The fourth-order valence-electron chi connectivity index (χ4n) is 3.27. The largest absolute Gasteiger partial charge is 0.495 e. The number of aryl methyl sites for hydroxylation is 1. The highest BCUT2D eigenvalue weighted by molar-refractivity contribution is 5.80. The Morgan fingerprint density at radius 2 is 2.26 bits per heavy atom. The van der Waals surface area contributed by atoms with E-state index in [9.17, 15) is 0 Å². The molecular weight excluding hydrogens is 344 g/mol. The molecule has 3 rings (SSSR count). The summed E-state index contributed by atoms with van der Waals surface area (Å²) in [6.07, 6.45) is 2.20. The summed E-state index contributed by atoms with van der Waals surface area (Å²) in [5.41, 5.74) is 1.13. The van der Waals surface area contributed by atoms with Crippen LogP contribution in [0.2, 0.25) is 0 Å². The monoisotopic (exact) mass is 372 g/mol. The molecule has 1 aromatic heterocycles. The minimum atomic E-state index is 0.300. The maximum atomic E-state index is 5.52. The molecule has 1 fully saturated rings. The number of methoxy groups -OCH3 is 1. The van der Waals surface area contributed by atoms with E-state index in [0.29, 0.717) is 24.3 Å². The molecule has 146 valence electrons. The number of ether oxygens (including phenoxy) is 1. The van der Waals surface area contributed by atoms with Gasteiger partial charge in [0.15, 0.2) is 11.8 Å². The first-order chi connectivity index (χ1) is 13.2. The molecule has 1 aliphatic heterocycles. The Balaban J connectivity index is 1.65. The van der Waals surface area contributed by atoms with Crippen molar-refractivity contribution in [2.75, 3.05) is 31.6 Å². The first kappa shape index (κ1) is 19.0.